The van der Waals surface area contributed by atoms with Crippen molar-refractivity contribution in [1.82, 2.24) is 9.80 Å². The Morgan fingerprint density at radius 1 is 1.38 bits per heavy atom. The SMILES string of the molecule is N#CCCN(CCN1CCOCC1)C(=O)COc1cccc(Br)c1. The molecule has 0 N–H and O–H groups in total. The van der Waals surface area contributed by atoms with E-state index >= 15 is 0 Å². The summed E-state index contributed by atoms with van der Waals surface area (Å²) in [5.41, 5.74) is 0. The molecule has 1 amide bonds. The number of hydrogen-bond donors (Lipinski definition) is 0. The molecule has 130 valence electrons. The lowest BCUT2D eigenvalue weighted by molar-refractivity contribution is -0.133. The third-order valence-electron chi connectivity index (χ3n) is 3.79. The predicted molar refractivity (Wildman–Crippen MR) is 93.7 cm³/mol. The third kappa shape index (κ3) is 6.48. The van der Waals surface area contributed by atoms with Crippen molar-refractivity contribution in [2.75, 3.05) is 52.5 Å². The molecular formula is C17H22BrN3O3. The molecule has 0 radical (unpaired) electrons. The zero-order chi connectivity index (χ0) is 17.2. The Morgan fingerprint density at radius 2 is 2.17 bits per heavy atom. The van der Waals surface area contributed by atoms with Crippen LogP contribution in [-0.4, -0.2) is 68.3 Å². The molecule has 1 heterocycles. The van der Waals surface area contributed by atoms with Crippen molar-refractivity contribution < 1.29 is 14.3 Å². The fraction of sp³-hybridized carbons (Fsp3) is 0.529. The van der Waals surface area contributed by atoms with Crippen LogP contribution in [0, 0.1) is 11.3 Å². The van der Waals surface area contributed by atoms with E-state index < -0.39 is 0 Å². The topological polar surface area (TPSA) is 65.8 Å². The van der Waals surface area contributed by atoms with Crippen LogP contribution in [0.15, 0.2) is 28.7 Å². The summed E-state index contributed by atoms with van der Waals surface area (Å²) in [6, 6.07) is 9.48. The Hall–Kier alpha value is -1.62. The highest BCUT2D eigenvalue weighted by Gasteiger charge is 2.17. The maximum atomic E-state index is 12.4. The van der Waals surface area contributed by atoms with E-state index in [2.05, 4.69) is 26.9 Å². The number of nitrogens with zero attached hydrogens (tertiary/aromatic N) is 3. The van der Waals surface area contributed by atoms with Gasteiger partial charge in [-0.25, -0.2) is 0 Å². The van der Waals surface area contributed by atoms with Gasteiger partial charge in [-0.1, -0.05) is 22.0 Å². The minimum absolute atomic E-state index is 0.0228. The summed E-state index contributed by atoms with van der Waals surface area (Å²) in [7, 11) is 0. The van der Waals surface area contributed by atoms with E-state index in [4.69, 9.17) is 14.7 Å². The van der Waals surface area contributed by atoms with Crippen LogP contribution >= 0.6 is 15.9 Å². The van der Waals surface area contributed by atoms with E-state index in [1.807, 2.05) is 24.3 Å². The fourth-order valence-electron chi connectivity index (χ4n) is 2.43. The Morgan fingerprint density at radius 3 is 2.88 bits per heavy atom. The van der Waals surface area contributed by atoms with Gasteiger partial charge in [0.2, 0.25) is 0 Å². The standard InChI is InChI=1S/C17H22BrN3O3/c18-15-3-1-4-16(13-15)24-14-17(22)21(6-2-5-19)8-7-20-9-11-23-12-10-20/h1,3-4,13H,2,6-12,14H2. The lowest BCUT2D eigenvalue weighted by Gasteiger charge is -2.29. The van der Waals surface area contributed by atoms with Crippen LogP contribution < -0.4 is 4.74 Å². The Bertz CT molecular complexity index is 570. The van der Waals surface area contributed by atoms with Crippen LogP contribution in [0.1, 0.15) is 6.42 Å². The molecule has 2 rings (SSSR count). The first-order valence-corrected chi connectivity index (χ1v) is 8.81. The second-order valence-electron chi connectivity index (χ2n) is 5.49. The van der Waals surface area contributed by atoms with E-state index in [0.717, 1.165) is 37.3 Å². The molecule has 0 aromatic heterocycles. The quantitative estimate of drug-likeness (QED) is 0.672. The number of nitriles is 1. The zero-order valence-electron chi connectivity index (χ0n) is 13.6. The summed E-state index contributed by atoms with van der Waals surface area (Å²) >= 11 is 3.37. The van der Waals surface area contributed by atoms with Gasteiger partial charge in [-0.3, -0.25) is 9.69 Å². The minimum atomic E-state index is -0.0986. The summed E-state index contributed by atoms with van der Waals surface area (Å²) in [6.45, 7) is 5.03. The predicted octanol–water partition coefficient (Wildman–Crippen LogP) is 1.90. The summed E-state index contributed by atoms with van der Waals surface area (Å²) < 4.78 is 11.8. The molecule has 7 heteroatoms. The lowest BCUT2D eigenvalue weighted by atomic mass is 10.3. The van der Waals surface area contributed by atoms with Gasteiger partial charge >= 0.3 is 0 Å². The van der Waals surface area contributed by atoms with Crippen molar-refractivity contribution in [2.24, 2.45) is 0 Å². The molecule has 24 heavy (non-hydrogen) atoms. The summed E-state index contributed by atoms with van der Waals surface area (Å²) in [6.07, 6.45) is 0.325. The van der Waals surface area contributed by atoms with Crippen LogP contribution in [0.2, 0.25) is 0 Å². The molecule has 1 aromatic carbocycles. The normalized spacial score (nSPS) is 14.8. The fourth-order valence-corrected chi connectivity index (χ4v) is 2.80. The number of amides is 1. The van der Waals surface area contributed by atoms with Gasteiger partial charge in [0.05, 0.1) is 25.7 Å². The number of carbonyl (C=O) groups excluding carboxylic acids is 1. The number of hydrogen-bond acceptors (Lipinski definition) is 5. The van der Waals surface area contributed by atoms with Crippen molar-refractivity contribution in [2.45, 2.75) is 6.42 Å². The first kappa shape index (κ1) is 18.7. The molecule has 1 aliphatic rings. The monoisotopic (exact) mass is 395 g/mol. The largest absolute Gasteiger partial charge is 0.484 e. The highest BCUT2D eigenvalue weighted by Crippen LogP contribution is 2.17. The third-order valence-corrected chi connectivity index (χ3v) is 4.29. The number of carbonyl (C=O) groups is 1. The summed E-state index contributed by atoms with van der Waals surface area (Å²) in [4.78, 5) is 16.4. The van der Waals surface area contributed by atoms with Crippen molar-refractivity contribution in [3.05, 3.63) is 28.7 Å². The number of ether oxygens (including phenoxy) is 2. The molecule has 0 unspecified atom stereocenters. The smallest absolute Gasteiger partial charge is 0.260 e. The van der Waals surface area contributed by atoms with E-state index in [1.54, 1.807) is 4.90 Å². The van der Waals surface area contributed by atoms with Gasteiger partial charge in [-0.05, 0) is 18.2 Å². The second-order valence-corrected chi connectivity index (χ2v) is 6.40. The van der Waals surface area contributed by atoms with Crippen molar-refractivity contribution >= 4 is 21.8 Å². The zero-order valence-corrected chi connectivity index (χ0v) is 15.2. The van der Waals surface area contributed by atoms with E-state index in [-0.39, 0.29) is 12.5 Å². The van der Waals surface area contributed by atoms with Gasteiger partial charge in [0.1, 0.15) is 5.75 Å². The van der Waals surface area contributed by atoms with E-state index in [1.165, 1.54) is 0 Å². The Balaban J connectivity index is 1.83. The van der Waals surface area contributed by atoms with Gasteiger partial charge in [0.15, 0.2) is 6.61 Å². The molecule has 1 saturated heterocycles. The highest BCUT2D eigenvalue weighted by atomic mass is 79.9. The number of halogens is 1. The van der Waals surface area contributed by atoms with Crippen molar-refractivity contribution in [3.63, 3.8) is 0 Å². The van der Waals surface area contributed by atoms with Gasteiger partial charge in [0.25, 0.3) is 5.91 Å². The molecule has 0 spiro atoms. The average molecular weight is 396 g/mol. The average Bonchev–Trinajstić information content (AvgIpc) is 2.61. The number of rotatable bonds is 8. The van der Waals surface area contributed by atoms with Crippen LogP contribution in [-0.2, 0) is 9.53 Å². The lowest BCUT2D eigenvalue weighted by Crippen LogP contribution is -2.44. The molecule has 1 aliphatic heterocycles. The van der Waals surface area contributed by atoms with Crippen molar-refractivity contribution in [3.8, 4) is 11.8 Å². The van der Waals surface area contributed by atoms with Crippen LogP contribution in [0.5, 0.6) is 5.75 Å². The number of morpholine rings is 1. The molecular weight excluding hydrogens is 374 g/mol. The molecule has 1 fully saturated rings. The minimum Gasteiger partial charge on any atom is -0.484 e. The first-order chi connectivity index (χ1) is 11.7. The van der Waals surface area contributed by atoms with Gasteiger partial charge in [-0.2, -0.15) is 5.26 Å². The Kier molecular flexibility index (Phi) is 8.02. The molecule has 0 aliphatic carbocycles. The molecule has 1 aromatic rings. The van der Waals surface area contributed by atoms with E-state index in [0.29, 0.717) is 25.3 Å². The maximum absolute atomic E-state index is 12.4. The van der Waals surface area contributed by atoms with E-state index in [9.17, 15) is 4.79 Å². The molecule has 0 bridgehead atoms. The highest BCUT2D eigenvalue weighted by molar-refractivity contribution is 9.10. The Labute approximate surface area is 151 Å². The van der Waals surface area contributed by atoms with Crippen LogP contribution in [0.3, 0.4) is 0 Å². The van der Waals surface area contributed by atoms with Crippen LogP contribution in [0.4, 0.5) is 0 Å². The number of benzene rings is 1. The maximum Gasteiger partial charge on any atom is 0.260 e. The van der Waals surface area contributed by atoms with Gasteiger partial charge in [-0.15, -0.1) is 0 Å². The summed E-state index contributed by atoms with van der Waals surface area (Å²) in [5, 5.41) is 8.80. The van der Waals surface area contributed by atoms with Gasteiger partial charge in [0, 0.05) is 37.2 Å². The molecule has 0 atom stereocenters. The first-order valence-electron chi connectivity index (χ1n) is 8.02. The molecule has 0 saturated carbocycles. The molecule has 6 nitrogen and oxygen atoms in total. The van der Waals surface area contributed by atoms with Crippen LogP contribution in [0.25, 0.3) is 0 Å². The second kappa shape index (κ2) is 10.3. The van der Waals surface area contributed by atoms with Gasteiger partial charge < -0.3 is 14.4 Å². The van der Waals surface area contributed by atoms with Crippen molar-refractivity contribution in [1.29, 1.82) is 5.26 Å². The summed E-state index contributed by atoms with van der Waals surface area (Å²) in [5.74, 6) is 0.546.